The van der Waals surface area contributed by atoms with E-state index in [0.717, 1.165) is 9.86 Å². The highest BCUT2D eigenvalue weighted by atomic mass is 79.9. The minimum atomic E-state index is -0.824. The van der Waals surface area contributed by atoms with Crippen LogP contribution in [0.3, 0.4) is 0 Å². The number of ether oxygens (including phenoxy) is 2. The van der Waals surface area contributed by atoms with Crippen molar-refractivity contribution in [2.24, 2.45) is 0 Å². The van der Waals surface area contributed by atoms with Crippen molar-refractivity contribution in [2.75, 3.05) is 20.3 Å². The molecule has 1 amide bonds. The Morgan fingerprint density at radius 1 is 1.21 bits per heavy atom. The number of halogens is 1. The van der Waals surface area contributed by atoms with E-state index in [1.807, 2.05) is 32.0 Å². The van der Waals surface area contributed by atoms with Crippen LogP contribution >= 0.6 is 15.9 Å². The Morgan fingerprint density at radius 2 is 1.97 bits per heavy atom. The fourth-order valence-electron chi connectivity index (χ4n) is 4.14. The smallest absolute Gasteiger partial charge is 0.290 e. The molecule has 2 heterocycles. The van der Waals surface area contributed by atoms with Crippen LogP contribution in [0.2, 0.25) is 0 Å². The Labute approximate surface area is 206 Å². The minimum Gasteiger partial charge on any atom is -0.503 e. The number of amides is 1. The molecule has 0 bridgehead atoms. The second-order valence-electron chi connectivity index (χ2n) is 8.30. The molecule has 0 saturated heterocycles. The monoisotopic (exact) mass is 527 g/mol. The number of hydrogen-bond donors (Lipinski definition) is 1. The Balaban J connectivity index is 1.74. The molecule has 34 heavy (non-hydrogen) atoms. The number of rotatable bonds is 9. The number of carbonyl (C=O) groups is 2. The third kappa shape index (κ3) is 4.60. The molecule has 0 fully saturated rings. The summed E-state index contributed by atoms with van der Waals surface area (Å²) in [7, 11) is 1.53. The van der Waals surface area contributed by atoms with E-state index in [0.29, 0.717) is 36.5 Å². The maximum atomic E-state index is 13.6. The summed E-state index contributed by atoms with van der Waals surface area (Å²) in [6.45, 7) is 4.62. The number of ketones is 1. The molecule has 1 aliphatic heterocycles. The zero-order valence-corrected chi connectivity index (χ0v) is 20.8. The summed E-state index contributed by atoms with van der Waals surface area (Å²) >= 11 is 3.41. The highest BCUT2D eigenvalue weighted by Gasteiger charge is 2.45. The number of furan rings is 1. The van der Waals surface area contributed by atoms with Crippen molar-refractivity contribution in [3.8, 4) is 5.75 Å². The van der Waals surface area contributed by atoms with Gasteiger partial charge in [-0.3, -0.25) is 9.59 Å². The zero-order chi connectivity index (χ0) is 24.4. The predicted molar refractivity (Wildman–Crippen MR) is 131 cm³/mol. The Bertz CT molecular complexity index is 1260. The van der Waals surface area contributed by atoms with E-state index >= 15 is 0 Å². The van der Waals surface area contributed by atoms with Crippen molar-refractivity contribution in [3.05, 3.63) is 75.7 Å². The average molecular weight is 528 g/mol. The molecule has 1 aromatic heterocycles. The summed E-state index contributed by atoms with van der Waals surface area (Å²) in [5, 5.41) is 11.6. The van der Waals surface area contributed by atoms with Gasteiger partial charge in [-0.25, -0.2) is 0 Å². The van der Waals surface area contributed by atoms with Crippen molar-refractivity contribution in [3.63, 3.8) is 0 Å². The molecule has 1 unspecified atom stereocenters. The van der Waals surface area contributed by atoms with Gasteiger partial charge in [0.15, 0.2) is 11.5 Å². The first-order chi connectivity index (χ1) is 16.3. The predicted octanol–water partition coefficient (Wildman–Crippen LogP) is 5.60. The summed E-state index contributed by atoms with van der Waals surface area (Å²) in [6, 6.07) is 13.4. The van der Waals surface area contributed by atoms with Crippen LogP contribution in [0.15, 0.2) is 68.8 Å². The number of aliphatic hydroxyl groups excluding tert-OH is 1. The largest absolute Gasteiger partial charge is 0.503 e. The van der Waals surface area contributed by atoms with Gasteiger partial charge in [-0.15, -0.1) is 0 Å². The second-order valence-corrected chi connectivity index (χ2v) is 9.22. The van der Waals surface area contributed by atoms with E-state index in [-0.39, 0.29) is 17.4 Å². The molecule has 4 rings (SSSR count). The first-order valence-corrected chi connectivity index (χ1v) is 11.8. The maximum Gasteiger partial charge on any atom is 0.290 e. The molecular formula is C26H26BrNO6. The van der Waals surface area contributed by atoms with Gasteiger partial charge in [0.1, 0.15) is 11.3 Å². The number of nitrogens with zero attached hydrogens (tertiary/aromatic N) is 1. The number of fused-ring (bicyclic) bond motifs is 1. The van der Waals surface area contributed by atoms with E-state index in [2.05, 4.69) is 15.9 Å². The zero-order valence-electron chi connectivity index (χ0n) is 19.2. The van der Waals surface area contributed by atoms with E-state index in [1.54, 1.807) is 30.3 Å². The van der Waals surface area contributed by atoms with E-state index in [1.165, 1.54) is 12.0 Å². The number of Topliss-reactive ketones (excluding diaryl/α,β-unsaturated/α-hetero) is 1. The van der Waals surface area contributed by atoms with Crippen molar-refractivity contribution in [1.82, 2.24) is 4.90 Å². The van der Waals surface area contributed by atoms with Gasteiger partial charge in [0, 0.05) is 28.6 Å². The van der Waals surface area contributed by atoms with Gasteiger partial charge < -0.3 is 23.9 Å². The fourth-order valence-corrected chi connectivity index (χ4v) is 4.52. The highest BCUT2D eigenvalue weighted by molar-refractivity contribution is 9.10. The third-order valence-electron chi connectivity index (χ3n) is 5.68. The number of methoxy groups -OCH3 is 1. The third-order valence-corrected chi connectivity index (χ3v) is 6.17. The van der Waals surface area contributed by atoms with Crippen LogP contribution in [0, 0.1) is 0 Å². The number of aliphatic hydroxyl groups is 1. The summed E-state index contributed by atoms with van der Waals surface area (Å²) < 4.78 is 17.8. The lowest BCUT2D eigenvalue weighted by atomic mass is 9.94. The van der Waals surface area contributed by atoms with Gasteiger partial charge in [-0.1, -0.05) is 34.1 Å². The summed E-state index contributed by atoms with van der Waals surface area (Å²) in [6.07, 6.45) is 0.610. The highest BCUT2D eigenvalue weighted by Crippen LogP contribution is 2.42. The number of hydrogen-bond acceptors (Lipinski definition) is 6. The summed E-state index contributed by atoms with van der Waals surface area (Å²) in [4.78, 5) is 28.3. The summed E-state index contributed by atoms with van der Waals surface area (Å²) in [5.74, 6) is -1.17. The van der Waals surface area contributed by atoms with Crippen molar-refractivity contribution < 1.29 is 28.6 Å². The van der Waals surface area contributed by atoms with Crippen LogP contribution in [0.5, 0.6) is 5.75 Å². The first kappa shape index (κ1) is 24.0. The van der Waals surface area contributed by atoms with Crippen molar-refractivity contribution in [1.29, 1.82) is 0 Å². The topological polar surface area (TPSA) is 89.2 Å². The fraction of sp³-hybridized carbons (Fsp3) is 0.308. The van der Waals surface area contributed by atoms with Gasteiger partial charge in [-0.2, -0.15) is 0 Å². The quantitative estimate of drug-likeness (QED) is 0.288. The molecule has 1 atom stereocenters. The van der Waals surface area contributed by atoms with Crippen LogP contribution in [0.4, 0.5) is 0 Å². The lowest BCUT2D eigenvalue weighted by Gasteiger charge is -2.28. The number of benzene rings is 2. The molecule has 0 spiro atoms. The van der Waals surface area contributed by atoms with E-state index in [4.69, 9.17) is 13.9 Å². The number of carbonyl (C=O) groups excluding carboxylic acids is 2. The van der Waals surface area contributed by atoms with E-state index in [9.17, 15) is 14.7 Å². The molecule has 1 N–H and O–H groups in total. The van der Waals surface area contributed by atoms with Crippen LogP contribution < -0.4 is 4.74 Å². The van der Waals surface area contributed by atoms with Gasteiger partial charge >= 0.3 is 0 Å². The normalized spacial score (nSPS) is 16.2. The SMILES string of the molecule is COc1ccccc1C1C(C(=O)c2cc3cc(Br)ccc3o2)=C(O)C(=O)N1CCCOC(C)C. The summed E-state index contributed by atoms with van der Waals surface area (Å²) in [5.41, 5.74) is 1.11. The average Bonchev–Trinajstić information content (AvgIpc) is 3.35. The Hall–Kier alpha value is -3.10. The molecule has 2 aromatic carbocycles. The van der Waals surface area contributed by atoms with Crippen molar-refractivity contribution in [2.45, 2.75) is 32.4 Å². The van der Waals surface area contributed by atoms with Gasteiger partial charge in [-0.05, 0) is 50.6 Å². The van der Waals surface area contributed by atoms with Crippen LogP contribution in [0.1, 0.15) is 42.4 Å². The molecule has 8 heteroatoms. The molecule has 0 radical (unpaired) electrons. The van der Waals surface area contributed by atoms with Crippen LogP contribution in [-0.4, -0.2) is 48.1 Å². The molecule has 178 valence electrons. The van der Waals surface area contributed by atoms with Crippen molar-refractivity contribution >= 4 is 38.6 Å². The molecule has 1 aliphatic rings. The molecule has 3 aromatic rings. The van der Waals surface area contributed by atoms with Gasteiger partial charge in [0.05, 0.1) is 24.8 Å². The lowest BCUT2D eigenvalue weighted by Crippen LogP contribution is -2.33. The second kappa shape index (κ2) is 10.0. The van der Waals surface area contributed by atoms with Crippen LogP contribution in [0.25, 0.3) is 11.0 Å². The van der Waals surface area contributed by atoms with E-state index < -0.39 is 23.5 Å². The molecule has 7 nitrogen and oxygen atoms in total. The molecule has 0 saturated carbocycles. The number of para-hydroxylation sites is 1. The van der Waals surface area contributed by atoms with Gasteiger partial charge in [0.25, 0.3) is 5.91 Å². The van der Waals surface area contributed by atoms with Gasteiger partial charge in [0.2, 0.25) is 5.78 Å². The minimum absolute atomic E-state index is 0.0302. The first-order valence-electron chi connectivity index (χ1n) is 11.0. The lowest BCUT2D eigenvalue weighted by molar-refractivity contribution is -0.129. The Kier molecular flexibility index (Phi) is 7.09. The standard InChI is InChI=1S/C26H26BrNO6/c1-15(2)33-12-6-11-28-23(18-7-4-5-8-20(18)32-3)22(25(30)26(28)31)24(29)21-14-16-13-17(27)9-10-19(16)34-21/h4-5,7-10,13-15,23,30H,6,11-12H2,1-3H3. The molecular weight excluding hydrogens is 502 g/mol. The molecule has 0 aliphatic carbocycles. The maximum absolute atomic E-state index is 13.6. The Morgan fingerprint density at radius 3 is 2.71 bits per heavy atom. The van der Waals surface area contributed by atoms with Crippen LogP contribution in [-0.2, 0) is 9.53 Å².